The molecule has 3 nitrogen and oxygen atoms in total. The van der Waals surface area contributed by atoms with Gasteiger partial charge >= 0.3 is 0 Å². The molecule has 0 spiro atoms. The first kappa shape index (κ1) is 12.3. The summed E-state index contributed by atoms with van der Waals surface area (Å²) in [5.74, 6) is 0. The van der Waals surface area contributed by atoms with Gasteiger partial charge in [0.05, 0.1) is 17.7 Å². The van der Waals surface area contributed by atoms with Crippen molar-refractivity contribution < 1.29 is 0 Å². The third-order valence-electron chi connectivity index (χ3n) is 2.88. The van der Waals surface area contributed by atoms with Crippen molar-refractivity contribution in [2.75, 3.05) is 0 Å². The molecule has 0 saturated carbocycles. The van der Waals surface area contributed by atoms with Crippen LogP contribution < -0.4 is 5.73 Å². The quantitative estimate of drug-likeness (QED) is 0.941. The van der Waals surface area contributed by atoms with Crippen molar-refractivity contribution in [2.24, 2.45) is 12.8 Å². The molecule has 0 aliphatic heterocycles. The van der Waals surface area contributed by atoms with Gasteiger partial charge in [-0.1, -0.05) is 28.1 Å². The van der Waals surface area contributed by atoms with Crippen molar-refractivity contribution in [3.8, 4) is 0 Å². The summed E-state index contributed by atoms with van der Waals surface area (Å²) in [5, 5.41) is 0. The highest BCUT2D eigenvalue weighted by Crippen LogP contribution is 2.14. The Bertz CT molecular complexity index is 505. The second kappa shape index (κ2) is 5.47. The highest BCUT2D eigenvalue weighted by atomic mass is 79.9. The summed E-state index contributed by atoms with van der Waals surface area (Å²) < 4.78 is 3.12. The van der Waals surface area contributed by atoms with Gasteiger partial charge in [0.2, 0.25) is 0 Å². The van der Waals surface area contributed by atoms with Crippen molar-refractivity contribution in [2.45, 2.75) is 19.4 Å². The number of nitrogens with two attached hydrogens (primary N) is 1. The highest BCUT2D eigenvalue weighted by molar-refractivity contribution is 9.10. The predicted molar refractivity (Wildman–Crippen MR) is 72.6 cm³/mol. The minimum atomic E-state index is 0.546. The Balaban J connectivity index is 2.07. The Hall–Kier alpha value is -1.13. The third-order valence-corrected chi connectivity index (χ3v) is 3.37. The van der Waals surface area contributed by atoms with Gasteiger partial charge in [-0.15, -0.1) is 0 Å². The summed E-state index contributed by atoms with van der Waals surface area (Å²) in [6.45, 7) is 0.546. The third kappa shape index (κ3) is 2.96. The molecule has 2 N–H and O–H groups in total. The zero-order valence-corrected chi connectivity index (χ0v) is 11.4. The van der Waals surface area contributed by atoms with Crippen LogP contribution in [0.1, 0.15) is 17.0 Å². The van der Waals surface area contributed by atoms with Gasteiger partial charge in [-0.05, 0) is 30.5 Å². The molecule has 0 aliphatic carbocycles. The average Bonchev–Trinajstić information content (AvgIpc) is 2.67. The molecule has 0 aliphatic rings. The predicted octanol–water partition coefficient (Wildman–Crippen LogP) is 2.43. The molecule has 0 unspecified atom stereocenters. The van der Waals surface area contributed by atoms with Gasteiger partial charge in [0.25, 0.3) is 0 Å². The Labute approximate surface area is 110 Å². The number of imidazole rings is 1. The van der Waals surface area contributed by atoms with Crippen molar-refractivity contribution in [1.82, 2.24) is 9.55 Å². The number of aryl methyl sites for hydroxylation is 3. The molecule has 0 fully saturated rings. The summed E-state index contributed by atoms with van der Waals surface area (Å²) in [5.41, 5.74) is 9.27. The van der Waals surface area contributed by atoms with Crippen molar-refractivity contribution in [3.05, 3.63) is 52.0 Å². The van der Waals surface area contributed by atoms with Crippen LogP contribution in [0.25, 0.3) is 0 Å². The fourth-order valence-electron chi connectivity index (χ4n) is 1.93. The van der Waals surface area contributed by atoms with E-state index in [2.05, 4.69) is 39.1 Å². The summed E-state index contributed by atoms with van der Waals surface area (Å²) in [6.07, 6.45) is 3.76. The van der Waals surface area contributed by atoms with Gasteiger partial charge in [0.15, 0.2) is 0 Å². The van der Waals surface area contributed by atoms with Crippen LogP contribution in [0, 0.1) is 0 Å². The van der Waals surface area contributed by atoms with Crippen molar-refractivity contribution in [3.63, 3.8) is 0 Å². The summed E-state index contributed by atoms with van der Waals surface area (Å²) in [6, 6.07) is 8.37. The molecular weight excluding hydrogens is 278 g/mol. The van der Waals surface area contributed by atoms with E-state index >= 15 is 0 Å². The lowest BCUT2D eigenvalue weighted by atomic mass is 10.1. The molecule has 1 aromatic carbocycles. The molecule has 0 atom stereocenters. The highest BCUT2D eigenvalue weighted by Gasteiger charge is 2.07. The minimum absolute atomic E-state index is 0.546. The van der Waals surface area contributed by atoms with E-state index < -0.39 is 0 Å². The topological polar surface area (TPSA) is 43.8 Å². The first-order chi connectivity index (χ1) is 8.20. The van der Waals surface area contributed by atoms with E-state index in [-0.39, 0.29) is 0 Å². The number of benzene rings is 1. The normalized spacial score (nSPS) is 10.8. The van der Waals surface area contributed by atoms with Crippen LogP contribution in [0.3, 0.4) is 0 Å². The Morgan fingerprint density at radius 2 is 2.18 bits per heavy atom. The molecule has 2 aromatic rings. The second-order valence-electron chi connectivity index (χ2n) is 4.08. The molecule has 0 amide bonds. The van der Waals surface area contributed by atoms with Gasteiger partial charge in [0.1, 0.15) is 0 Å². The monoisotopic (exact) mass is 293 g/mol. The van der Waals surface area contributed by atoms with E-state index in [4.69, 9.17) is 5.73 Å². The summed E-state index contributed by atoms with van der Waals surface area (Å²) >= 11 is 3.48. The van der Waals surface area contributed by atoms with E-state index in [0.717, 1.165) is 28.7 Å². The van der Waals surface area contributed by atoms with Crippen LogP contribution in [-0.2, 0) is 26.4 Å². The number of aromatic nitrogens is 2. The number of nitrogens with zero attached hydrogens (tertiary/aromatic N) is 2. The summed E-state index contributed by atoms with van der Waals surface area (Å²) in [7, 11) is 1.98. The largest absolute Gasteiger partial charge is 0.336 e. The first-order valence-electron chi connectivity index (χ1n) is 5.64. The average molecular weight is 294 g/mol. The fraction of sp³-hybridized carbons (Fsp3) is 0.308. The molecule has 90 valence electrons. The Morgan fingerprint density at radius 1 is 1.35 bits per heavy atom. The van der Waals surface area contributed by atoms with E-state index in [1.165, 1.54) is 5.56 Å². The SMILES string of the molecule is Cn1cnc(CCc2cccc(Br)c2)c1CN. The molecule has 0 bridgehead atoms. The fourth-order valence-corrected chi connectivity index (χ4v) is 2.38. The number of hydrogen-bond donors (Lipinski definition) is 1. The van der Waals surface area contributed by atoms with Gasteiger partial charge < -0.3 is 10.3 Å². The van der Waals surface area contributed by atoms with Crippen molar-refractivity contribution in [1.29, 1.82) is 0 Å². The molecule has 0 saturated heterocycles. The maximum Gasteiger partial charge on any atom is 0.0949 e. The summed E-state index contributed by atoms with van der Waals surface area (Å²) in [4.78, 5) is 4.40. The van der Waals surface area contributed by atoms with Crippen LogP contribution in [0.5, 0.6) is 0 Å². The zero-order chi connectivity index (χ0) is 12.3. The molecule has 1 heterocycles. The Kier molecular flexibility index (Phi) is 3.97. The van der Waals surface area contributed by atoms with Gasteiger partial charge in [0, 0.05) is 18.1 Å². The lowest BCUT2D eigenvalue weighted by Gasteiger charge is -2.04. The number of rotatable bonds is 4. The first-order valence-corrected chi connectivity index (χ1v) is 6.43. The van der Waals surface area contributed by atoms with E-state index in [0.29, 0.717) is 6.54 Å². The number of halogens is 1. The second-order valence-corrected chi connectivity index (χ2v) is 5.00. The molecule has 17 heavy (non-hydrogen) atoms. The van der Waals surface area contributed by atoms with Gasteiger partial charge in [-0.25, -0.2) is 4.98 Å². The number of hydrogen-bond acceptors (Lipinski definition) is 2. The standard InChI is InChI=1S/C13H16BrN3/c1-17-9-16-12(13(17)8-15)6-5-10-3-2-4-11(14)7-10/h2-4,7,9H,5-6,8,15H2,1H3. The van der Waals surface area contributed by atoms with Crippen LogP contribution in [-0.4, -0.2) is 9.55 Å². The van der Waals surface area contributed by atoms with Crippen LogP contribution in [0.2, 0.25) is 0 Å². The maximum atomic E-state index is 5.72. The van der Waals surface area contributed by atoms with Gasteiger partial charge in [-0.2, -0.15) is 0 Å². The smallest absolute Gasteiger partial charge is 0.0949 e. The van der Waals surface area contributed by atoms with E-state index in [9.17, 15) is 0 Å². The van der Waals surface area contributed by atoms with Gasteiger partial charge in [-0.3, -0.25) is 0 Å². The van der Waals surface area contributed by atoms with E-state index in [1.54, 1.807) is 0 Å². The molecule has 4 heteroatoms. The van der Waals surface area contributed by atoms with Crippen LogP contribution in [0.15, 0.2) is 35.1 Å². The van der Waals surface area contributed by atoms with Crippen LogP contribution >= 0.6 is 15.9 Å². The Morgan fingerprint density at radius 3 is 2.88 bits per heavy atom. The lowest BCUT2D eigenvalue weighted by Crippen LogP contribution is -2.06. The minimum Gasteiger partial charge on any atom is -0.336 e. The lowest BCUT2D eigenvalue weighted by molar-refractivity contribution is 0.801. The zero-order valence-electron chi connectivity index (χ0n) is 9.86. The van der Waals surface area contributed by atoms with Crippen LogP contribution in [0.4, 0.5) is 0 Å². The van der Waals surface area contributed by atoms with E-state index in [1.807, 2.05) is 24.0 Å². The maximum absolute atomic E-state index is 5.72. The molecule has 1 aromatic heterocycles. The molecule has 2 rings (SSSR count). The van der Waals surface area contributed by atoms with Crippen molar-refractivity contribution >= 4 is 15.9 Å². The molecule has 0 radical (unpaired) electrons. The molecular formula is C13H16BrN3.